The second kappa shape index (κ2) is 5.50. The standard InChI is InChI=1S/C13H15ClFN3/c1-9-17-7-12(6-16-2)18(9)8-10-3-4-11(15)5-13(10)14/h3-5,7,16H,6,8H2,1-2H3. The lowest BCUT2D eigenvalue weighted by molar-refractivity contribution is 0.625. The number of hydrogen-bond acceptors (Lipinski definition) is 2. The third kappa shape index (κ3) is 2.71. The average Bonchev–Trinajstić information content (AvgIpc) is 2.65. The number of hydrogen-bond donors (Lipinski definition) is 1. The van der Waals surface area contributed by atoms with E-state index >= 15 is 0 Å². The topological polar surface area (TPSA) is 29.9 Å². The van der Waals surface area contributed by atoms with Gasteiger partial charge in [-0.05, 0) is 31.7 Å². The van der Waals surface area contributed by atoms with Crippen molar-refractivity contribution in [2.75, 3.05) is 7.05 Å². The Hall–Kier alpha value is -1.39. The van der Waals surface area contributed by atoms with Crippen LogP contribution in [0.3, 0.4) is 0 Å². The lowest BCUT2D eigenvalue weighted by Gasteiger charge is -2.11. The summed E-state index contributed by atoms with van der Waals surface area (Å²) in [5, 5.41) is 3.54. The molecule has 1 N–H and O–H groups in total. The van der Waals surface area contributed by atoms with E-state index in [4.69, 9.17) is 11.6 Å². The highest BCUT2D eigenvalue weighted by Gasteiger charge is 2.09. The second-order valence-electron chi connectivity index (χ2n) is 4.15. The maximum Gasteiger partial charge on any atom is 0.124 e. The van der Waals surface area contributed by atoms with E-state index in [1.807, 2.05) is 20.2 Å². The number of nitrogens with zero attached hydrogens (tertiary/aromatic N) is 2. The van der Waals surface area contributed by atoms with Gasteiger partial charge in [-0.3, -0.25) is 0 Å². The van der Waals surface area contributed by atoms with Crippen LogP contribution in [-0.2, 0) is 13.1 Å². The van der Waals surface area contributed by atoms with Gasteiger partial charge in [0.15, 0.2) is 0 Å². The Morgan fingerprint density at radius 1 is 1.44 bits per heavy atom. The monoisotopic (exact) mass is 267 g/mol. The van der Waals surface area contributed by atoms with E-state index in [2.05, 4.69) is 14.9 Å². The fraction of sp³-hybridized carbons (Fsp3) is 0.308. The van der Waals surface area contributed by atoms with Gasteiger partial charge in [0.2, 0.25) is 0 Å². The zero-order valence-corrected chi connectivity index (χ0v) is 11.1. The summed E-state index contributed by atoms with van der Waals surface area (Å²) in [5.41, 5.74) is 1.96. The first kappa shape index (κ1) is 13.1. The first-order valence-electron chi connectivity index (χ1n) is 5.71. The van der Waals surface area contributed by atoms with Crippen molar-refractivity contribution in [1.82, 2.24) is 14.9 Å². The molecule has 1 aromatic heterocycles. The predicted octanol–water partition coefficient (Wildman–Crippen LogP) is 2.75. The van der Waals surface area contributed by atoms with E-state index in [1.165, 1.54) is 12.1 Å². The number of benzene rings is 1. The smallest absolute Gasteiger partial charge is 0.124 e. The minimum atomic E-state index is -0.318. The highest BCUT2D eigenvalue weighted by Crippen LogP contribution is 2.19. The molecule has 1 aromatic carbocycles. The zero-order chi connectivity index (χ0) is 13.1. The average molecular weight is 268 g/mol. The normalized spacial score (nSPS) is 10.9. The van der Waals surface area contributed by atoms with Gasteiger partial charge >= 0.3 is 0 Å². The van der Waals surface area contributed by atoms with Crippen molar-refractivity contribution in [1.29, 1.82) is 0 Å². The molecule has 0 unspecified atom stereocenters. The molecule has 2 aromatic rings. The molecule has 0 amide bonds. The van der Waals surface area contributed by atoms with Gasteiger partial charge in [0.1, 0.15) is 11.6 Å². The molecular weight excluding hydrogens is 253 g/mol. The fourth-order valence-electron chi connectivity index (χ4n) is 1.87. The van der Waals surface area contributed by atoms with Gasteiger partial charge in [0, 0.05) is 17.8 Å². The van der Waals surface area contributed by atoms with Crippen LogP contribution in [0.15, 0.2) is 24.4 Å². The molecule has 0 atom stereocenters. The van der Waals surface area contributed by atoms with Crippen molar-refractivity contribution in [2.24, 2.45) is 0 Å². The van der Waals surface area contributed by atoms with Crippen LogP contribution in [0, 0.1) is 12.7 Å². The number of aromatic nitrogens is 2. The molecular formula is C13H15ClFN3. The molecule has 0 aliphatic rings. The fourth-order valence-corrected chi connectivity index (χ4v) is 2.10. The quantitative estimate of drug-likeness (QED) is 0.923. The van der Waals surface area contributed by atoms with Crippen LogP contribution >= 0.6 is 11.6 Å². The molecule has 0 aliphatic carbocycles. The number of imidazole rings is 1. The van der Waals surface area contributed by atoms with Gasteiger partial charge in [0.25, 0.3) is 0 Å². The molecule has 0 saturated carbocycles. The zero-order valence-electron chi connectivity index (χ0n) is 10.4. The van der Waals surface area contributed by atoms with Crippen molar-refractivity contribution < 1.29 is 4.39 Å². The molecule has 0 radical (unpaired) electrons. The Bertz CT molecular complexity index is 551. The van der Waals surface area contributed by atoms with Crippen LogP contribution in [0.2, 0.25) is 5.02 Å². The van der Waals surface area contributed by atoms with Gasteiger partial charge in [-0.25, -0.2) is 9.37 Å². The van der Waals surface area contributed by atoms with Crippen molar-refractivity contribution in [3.05, 3.63) is 52.3 Å². The molecule has 0 spiro atoms. The molecule has 0 fully saturated rings. The highest BCUT2D eigenvalue weighted by molar-refractivity contribution is 6.31. The predicted molar refractivity (Wildman–Crippen MR) is 70.2 cm³/mol. The SMILES string of the molecule is CNCc1cnc(C)n1Cc1ccc(F)cc1Cl. The van der Waals surface area contributed by atoms with Gasteiger partial charge in [-0.1, -0.05) is 17.7 Å². The summed E-state index contributed by atoms with van der Waals surface area (Å²) in [6.07, 6.45) is 1.84. The lowest BCUT2D eigenvalue weighted by Crippen LogP contribution is -2.13. The van der Waals surface area contributed by atoms with E-state index in [9.17, 15) is 4.39 Å². The van der Waals surface area contributed by atoms with Crippen LogP contribution in [0.5, 0.6) is 0 Å². The highest BCUT2D eigenvalue weighted by atomic mass is 35.5. The molecule has 2 rings (SSSR count). The summed E-state index contributed by atoms with van der Waals surface area (Å²) in [6.45, 7) is 3.28. The van der Waals surface area contributed by atoms with Gasteiger partial charge < -0.3 is 9.88 Å². The summed E-state index contributed by atoms with van der Waals surface area (Å²) >= 11 is 6.04. The van der Waals surface area contributed by atoms with Crippen molar-refractivity contribution >= 4 is 11.6 Å². The second-order valence-corrected chi connectivity index (χ2v) is 4.56. The summed E-state index contributed by atoms with van der Waals surface area (Å²) in [4.78, 5) is 4.28. The van der Waals surface area contributed by atoms with Crippen LogP contribution in [0.1, 0.15) is 17.1 Å². The van der Waals surface area contributed by atoms with Gasteiger partial charge in [-0.2, -0.15) is 0 Å². The Labute approximate surface area is 111 Å². The lowest BCUT2D eigenvalue weighted by atomic mass is 10.2. The molecule has 5 heteroatoms. The van der Waals surface area contributed by atoms with Crippen LogP contribution in [-0.4, -0.2) is 16.6 Å². The Morgan fingerprint density at radius 2 is 2.22 bits per heavy atom. The largest absolute Gasteiger partial charge is 0.327 e. The van der Waals surface area contributed by atoms with E-state index in [1.54, 1.807) is 6.07 Å². The maximum atomic E-state index is 13.0. The Balaban J connectivity index is 2.30. The molecule has 1 heterocycles. The molecule has 0 saturated heterocycles. The number of nitrogens with one attached hydrogen (secondary N) is 1. The minimum Gasteiger partial charge on any atom is -0.327 e. The van der Waals surface area contributed by atoms with Crippen LogP contribution in [0.25, 0.3) is 0 Å². The summed E-state index contributed by atoms with van der Waals surface area (Å²) < 4.78 is 15.1. The maximum absolute atomic E-state index is 13.0. The van der Waals surface area contributed by atoms with Crippen LogP contribution in [0.4, 0.5) is 4.39 Å². The summed E-state index contributed by atoms with van der Waals surface area (Å²) in [7, 11) is 1.89. The third-order valence-electron chi connectivity index (χ3n) is 2.84. The molecule has 3 nitrogen and oxygen atoms in total. The van der Waals surface area contributed by atoms with Gasteiger partial charge in [-0.15, -0.1) is 0 Å². The molecule has 0 bridgehead atoms. The summed E-state index contributed by atoms with van der Waals surface area (Å²) in [5.74, 6) is 0.599. The van der Waals surface area contributed by atoms with Crippen LogP contribution < -0.4 is 5.32 Å². The van der Waals surface area contributed by atoms with E-state index < -0.39 is 0 Å². The molecule has 18 heavy (non-hydrogen) atoms. The first-order chi connectivity index (χ1) is 8.61. The van der Waals surface area contributed by atoms with E-state index in [-0.39, 0.29) is 5.82 Å². The van der Waals surface area contributed by atoms with Crippen molar-refractivity contribution in [3.63, 3.8) is 0 Å². The van der Waals surface area contributed by atoms with E-state index in [0.29, 0.717) is 11.6 Å². The van der Waals surface area contributed by atoms with E-state index in [0.717, 1.165) is 23.6 Å². The van der Waals surface area contributed by atoms with Crippen molar-refractivity contribution in [3.8, 4) is 0 Å². The third-order valence-corrected chi connectivity index (χ3v) is 3.19. The Kier molecular flexibility index (Phi) is 3.99. The number of halogens is 2. The summed E-state index contributed by atoms with van der Waals surface area (Å²) in [6, 6.07) is 4.46. The van der Waals surface area contributed by atoms with Gasteiger partial charge in [0.05, 0.1) is 12.2 Å². The number of rotatable bonds is 4. The molecule has 0 aliphatic heterocycles. The number of aryl methyl sites for hydroxylation is 1. The van der Waals surface area contributed by atoms with Crippen molar-refractivity contribution in [2.45, 2.75) is 20.0 Å². The minimum absolute atomic E-state index is 0.318. The first-order valence-corrected chi connectivity index (χ1v) is 6.09. The molecule has 96 valence electrons. The Morgan fingerprint density at radius 3 is 2.89 bits per heavy atom.